The van der Waals surface area contributed by atoms with E-state index in [2.05, 4.69) is 30.9 Å². The van der Waals surface area contributed by atoms with Gasteiger partial charge in [0.1, 0.15) is 0 Å². The minimum absolute atomic E-state index is 0.184. The summed E-state index contributed by atoms with van der Waals surface area (Å²) in [6.45, 7) is 7.98. The highest BCUT2D eigenvalue weighted by molar-refractivity contribution is 4.84. The maximum atomic E-state index is 9.06. The van der Waals surface area contributed by atoms with Crippen LogP contribution in [0.25, 0.3) is 0 Å². The third-order valence-electron chi connectivity index (χ3n) is 3.20. The first-order valence-electron chi connectivity index (χ1n) is 6.87. The molecule has 1 atom stereocenters. The first-order chi connectivity index (χ1) is 8.28. The number of aliphatic hydroxyl groups excluding tert-OH is 2. The zero-order valence-corrected chi connectivity index (χ0v) is 11.4. The Balaban J connectivity index is 3.52. The van der Waals surface area contributed by atoms with Crippen LogP contribution in [-0.4, -0.2) is 48.0 Å². The normalized spacial score (nSPS) is 13.7. The molecule has 0 saturated heterocycles. The number of likely N-dealkylation sites (N-methyl/N-ethyl adjacent to an activating group) is 1. The van der Waals surface area contributed by atoms with Crippen LogP contribution in [0.5, 0.6) is 0 Å². The van der Waals surface area contributed by atoms with Gasteiger partial charge in [-0.05, 0) is 44.7 Å². The van der Waals surface area contributed by atoms with E-state index in [0.29, 0.717) is 0 Å². The number of aliphatic hydroxyl groups is 2. The average molecular weight is 243 g/mol. The van der Waals surface area contributed by atoms with Crippen molar-refractivity contribution in [2.24, 2.45) is 5.92 Å². The fourth-order valence-corrected chi connectivity index (χ4v) is 1.86. The van der Waals surface area contributed by atoms with Crippen LogP contribution in [0.3, 0.4) is 0 Å². The summed E-state index contributed by atoms with van der Waals surface area (Å²) < 4.78 is 0. The molecule has 3 heteroatoms. The quantitative estimate of drug-likeness (QED) is 0.431. The summed E-state index contributed by atoms with van der Waals surface area (Å²) in [5.74, 6) is 0.274. The first-order valence-corrected chi connectivity index (χ1v) is 6.87. The standard InChI is InChI=1S/C14H29NO2/c1-3-15(4-2)11-8-6-5-7-9-14(13-17)10-12-16/h6,8,14,16-17H,3-5,7,9-13H2,1-2H3. The third kappa shape index (κ3) is 9.33. The van der Waals surface area contributed by atoms with E-state index < -0.39 is 0 Å². The van der Waals surface area contributed by atoms with Crippen LogP contribution in [0, 0.1) is 5.92 Å². The molecule has 17 heavy (non-hydrogen) atoms. The Bertz CT molecular complexity index is 179. The highest BCUT2D eigenvalue weighted by Gasteiger charge is 2.05. The second-order valence-electron chi connectivity index (χ2n) is 4.45. The van der Waals surface area contributed by atoms with Gasteiger partial charge in [-0.1, -0.05) is 26.0 Å². The fraction of sp³-hybridized carbons (Fsp3) is 0.857. The Morgan fingerprint density at radius 3 is 2.29 bits per heavy atom. The highest BCUT2D eigenvalue weighted by atomic mass is 16.3. The summed E-state index contributed by atoms with van der Waals surface area (Å²) >= 11 is 0. The Labute approximate surface area is 106 Å². The predicted molar refractivity (Wildman–Crippen MR) is 73.1 cm³/mol. The van der Waals surface area contributed by atoms with Gasteiger partial charge in [0.25, 0.3) is 0 Å². The van der Waals surface area contributed by atoms with Gasteiger partial charge in [0.2, 0.25) is 0 Å². The van der Waals surface area contributed by atoms with Crippen molar-refractivity contribution in [1.29, 1.82) is 0 Å². The van der Waals surface area contributed by atoms with E-state index in [1.54, 1.807) is 0 Å². The van der Waals surface area contributed by atoms with Crippen molar-refractivity contribution < 1.29 is 10.2 Å². The minimum Gasteiger partial charge on any atom is -0.396 e. The van der Waals surface area contributed by atoms with Crippen molar-refractivity contribution in [3.8, 4) is 0 Å². The van der Waals surface area contributed by atoms with E-state index in [1.165, 1.54) is 0 Å². The molecule has 3 nitrogen and oxygen atoms in total. The van der Waals surface area contributed by atoms with Crippen molar-refractivity contribution in [3.63, 3.8) is 0 Å². The maximum Gasteiger partial charge on any atom is 0.0460 e. The largest absolute Gasteiger partial charge is 0.396 e. The second kappa shape index (κ2) is 12.1. The second-order valence-corrected chi connectivity index (χ2v) is 4.45. The monoisotopic (exact) mass is 243 g/mol. The molecule has 0 radical (unpaired) electrons. The Hall–Kier alpha value is -0.380. The Kier molecular flexibility index (Phi) is 11.8. The summed E-state index contributed by atoms with van der Waals surface area (Å²) in [5, 5.41) is 17.9. The summed E-state index contributed by atoms with van der Waals surface area (Å²) in [4.78, 5) is 2.37. The zero-order chi connectivity index (χ0) is 12.9. The van der Waals surface area contributed by atoms with Crippen molar-refractivity contribution in [3.05, 3.63) is 12.2 Å². The lowest BCUT2D eigenvalue weighted by Gasteiger charge is -2.14. The van der Waals surface area contributed by atoms with E-state index >= 15 is 0 Å². The number of nitrogens with zero attached hydrogens (tertiary/aromatic N) is 1. The van der Waals surface area contributed by atoms with Crippen molar-refractivity contribution in [2.75, 3.05) is 32.8 Å². The van der Waals surface area contributed by atoms with Gasteiger partial charge < -0.3 is 15.1 Å². The lowest BCUT2D eigenvalue weighted by molar-refractivity contribution is 0.175. The molecule has 102 valence electrons. The molecule has 0 aromatic heterocycles. The van der Waals surface area contributed by atoms with Gasteiger partial charge in [-0.15, -0.1) is 0 Å². The molecule has 0 heterocycles. The van der Waals surface area contributed by atoms with E-state index in [1.807, 2.05) is 0 Å². The molecule has 0 fully saturated rings. The molecule has 0 aliphatic heterocycles. The molecule has 0 aliphatic carbocycles. The topological polar surface area (TPSA) is 43.7 Å². The van der Waals surface area contributed by atoms with Gasteiger partial charge in [0.05, 0.1) is 0 Å². The smallest absolute Gasteiger partial charge is 0.0460 e. The van der Waals surface area contributed by atoms with E-state index in [9.17, 15) is 0 Å². The predicted octanol–water partition coefficient (Wildman–Crippen LogP) is 2.05. The van der Waals surface area contributed by atoms with Crippen molar-refractivity contribution in [2.45, 2.75) is 39.5 Å². The van der Waals surface area contributed by atoms with Crippen LogP contribution in [-0.2, 0) is 0 Å². The van der Waals surface area contributed by atoms with Gasteiger partial charge in [-0.2, -0.15) is 0 Å². The molecule has 2 N–H and O–H groups in total. The number of hydrogen-bond donors (Lipinski definition) is 2. The van der Waals surface area contributed by atoms with Gasteiger partial charge in [-0.3, -0.25) is 0 Å². The summed E-state index contributed by atoms with van der Waals surface area (Å²) in [6, 6.07) is 0. The SMILES string of the molecule is CCN(CC)CC=CCCCC(CO)CCO. The van der Waals surface area contributed by atoms with E-state index in [0.717, 1.165) is 45.3 Å². The molecule has 0 saturated carbocycles. The molecule has 1 unspecified atom stereocenters. The number of rotatable bonds is 11. The highest BCUT2D eigenvalue weighted by Crippen LogP contribution is 2.11. The summed E-state index contributed by atoms with van der Waals surface area (Å²) in [5.41, 5.74) is 0. The molecule has 0 amide bonds. The van der Waals surface area contributed by atoms with E-state index in [4.69, 9.17) is 10.2 Å². The lowest BCUT2D eigenvalue weighted by Crippen LogP contribution is -2.22. The van der Waals surface area contributed by atoms with Gasteiger partial charge >= 0.3 is 0 Å². The Morgan fingerprint density at radius 2 is 1.76 bits per heavy atom. The first kappa shape index (κ1) is 16.6. The minimum atomic E-state index is 0.184. The van der Waals surface area contributed by atoms with Gasteiger partial charge in [0.15, 0.2) is 0 Å². The molecular weight excluding hydrogens is 214 g/mol. The van der Waals surface area contributed by atoms with Gasteiger partial charge in [-0.25, -0.2) is 0 Å². The van der Waals surface area contributed by atoms with E-state index in [-0.39, 0.29) is 19.1 Å². The maximum absolute atomic E-state index is 9.06. The van der Waals surface area contributed by atoms with Crippen LogP contribution >= 0.6 is 0 Å². The zero-order valence-electron chi connectivity index (χ0n) is 11.4. The van der Waals surface area contributed by atoms with Crippen molar-refractivity contribution >= 4 is 0 Å². The molecular formula is C14H29NO2. The summed E-state index contributed by atoms with van der Waals surface area (Å²) in [7, 11) is 0. The molecule has 0 spiro atoms. The van der Waals surface area contributed by atoms with Crippen LogP contribution in [0.4, 0.5) is 0 Å². The number of hydrogen-bond acceptors (Lipinski definition) is 3. The lowest BCUT2D eigenvalue weighted by atomic mass is 10.00. The molecule has 0 bridgehead atoms. The average Bonchev–Trinajstić information content (AvgIpc) is 2.36. The Morgan fingerprint density at radius 1 is 1.06 bits per heavy atom. The van der Waals surface area contributed by atoms with Crippen LogP contribution in [0.15, 0.2) is 12.2 Å². The number of unbranched alkanes of at least 4 members (excludes halogenated alkanes) is 1. The van der Waals surface area contributed by atoms with Crippen molar-refractivity contribution in [1.82, 2.24) is 4.90 Å². The van der Waals surface area contributed by atoms with Crippen LogP contribution in [0.2, 0.25) is 0 Å². The molecule has 0 aromatic carbocycles. The molecule has 0 aliphatic rings. The molecule has 0 aromatic rings. The van der Waals surface area contributed by atoms with Gasteiger partial charge in [0, 0.05) is 19.8 Å². The summed E-state index contributed by atoms with van der Waals surface area (Å²) in [6.07, 6.45) is 8.36. The van der Waals surface area contributed by atoms with Crippen LogP contribution < -0.4 is 0 Å². The fourth-order valence-electron chi connectivity index (χ4n) is 1.86. The third-order valence-corrected chi connectivity index (χ3v) is 3.20. The number of allylic oxidation sites excluding steroid dienone is 1. The molecule has 0 rings (SSSR count). The van der Waals surface area contributed by atoms with Crippen LogP contribution in [0.1, 0.15) is 39.5 Å².